The van der Waals surface area contributed by atoms with E-state index < -0.39 is 17.8 Å². The van der Waals surface area contributed by atoms with Crippen LogP contribution >= 0.6 is 11.3 Å². The molecular weight excluding hydrogens is 252 g/mol. The van der Waals surface area contributed by atoms with Crippen LogP contribution in [0.5, 0.6) is 0 Å². The zero-order valence-corrected chi connectivity index (χ0v) is 10.5. The minimum Gasteiger partial charge on any atom is -0.550 e. The second-order valence-corrected chi connectivity index (χ2v) is 5.92. The second-order valence-electron chi connectivity index (χ2n) is 5.03. The quantitative estimate of drug-likeness (QED) is 0.862. The van der Waals surface area contributed by atoms with Gasteiger partial charge in [-0.1, -0.05) is 0 Å². The van der Waals surface area contributed by atoms with Crippen LogP contribution in [0.25, 0.3) is 0 Å². The summed E-state index contributed by atoms with van der Waals surface area (Å²) in [7, 11) is 0. The first-order valence-electron chi connectivity index (χ1n) is 6.08. The number of carboxylic acids is 1. The third-order valence-corrected chi connectivity index (χ3v) is 4.84. The smallest absolute Gasteiger partial charge is 0.230 e. The van der Waals surface area contributed by atoms with Crippen molar-refractivity contribution in [3.63, 3.8) is 0 Å². The van der Waals surface area contributed by atoms with Gasteiger partial charge in [0, 0.05) is 29.4 Å². The van der Waals surface area contributed by atoms with Crippen molar-refractivity contribution in [3.05, 3.63) is 11.6 Å². The van der Waals surface area contributed by atoms with Crippen molar-refractivity contribution in [2.45, 2.75) is 19.3 Å². The molecule has 0 unspecified atom stereocenters. The van der Waals surface area contributed by atoms with E-state index in [2.05, 4.69) is 10.3 Å². The maximum Gasteiger partial charge on any atom is 0.230 e. The topological polar surface area (TPSA) is 82.1 Å². The molecule has 0 aromatic carbocycles. The number of anilines is 1. The van der Waals surface area contributed by atoms with Crippen LogP contribution in [0.3, 0.4) is 0 Å². The van der Waals surface area contributed by atoms with Gasteiger partial charge in [0.15, 0.2) is 5.13 Å². The normalized spacial score (nSPS) is 33.6. The van der Waals surface area contributed by atoms with Crippen LogP contribution in [-0.4, -0.2) is 16.9 Å². The van der Waals surface area contributed by atoms with Crippen LogP contribution in [-0.2, 0) is 9.59 Å². The van der Waals surface area contributed by atoms with E-state index in [1.54, 1.807) is 11.6 Å². The van der Waals surface area contributed by atoms with E-state index in [9.17, 15) is 14.7 Å². The molecule has 2 aliphatic rings. The van der Waals surface area contributed by atoms with Crippen LogP contribution in [0.4, 0.5) is 5.13 Å². The largest absolute Gasteiger partial charge is 0.550 e. The minimum atomic E-state index is -1.08. The number of carboxylic acid groups (broad SMARTS) is 1. The highest BCUT2D eigenvalue weighted by molar-refractivity contribution is 7.13. The maximum absolute atomic E-state index is 12.2. The first-order chi connectivity index (χ1) is 8.66. The lowest BCUT2D eigenvalue weighted by Gasteiger charge is -2.30. The molecule has 2 fully saturated rings. The van der Waals surface area contributed by atoms with Crippen LogP contribution in [0, 0.1) is 23.7 Å². The lowest BCUT2D eigenvalue weighted by atomic mass is 9.79. The highest BCUT2D eigenvalue weighted by Gasteiger charge is 2.51. The van der Waals surface area contributed by atoms with Gasteiger partial charge in [-0.05, 0) is 31.1 Å². The Bertz CT molecular complexity index is 474. The molecule has 0 saturated heterocycles. The number of thiazole rings is 1. The number of hydrogen-bond acceptors (Lipinski definition) is 5. The fraction of sp³-hybridized carbons (Fsp3) is 0.583. The Kier molecular flexibility index (Phi) is 2.81. The Morgan fingerprint density at radius 3 is 2.67 bits per heavy atom. The van der Waals surface area contributed by atoms with Gasteiger partial charge < -0.3 is 15.2 Å². The molecule has 3 rings (SSSR count). The monoisotopic (exact) mass is 265 g/mol. The average molecular weight is 265 g/mol. The van der Waals surface area contributed by atoms with Crippen LogP contribution in [0.2, 0.25) is 0 Å². The highest BCUT2D eigenvalue weighted by atomic mass is 32.1. The standard InChI is InChI=1S/C12H14N2O3S/c15-10(14-12-13-3-4-18-12)8-6-1-2-7(5-6)9(8)11(16)17/h3-4,6-9H,1-2,5H2,(H,16,17)(H,13,14,15)/p-1/t6-,7-,8-,9-/m0/s1. The lowest BCUT2D eigenvalue weighted by Crippen LogP contribution is -2.43. The molecule has 0 aliphatic heterocycles. The van der Waals surface area contributed by atoms with Gasteiger partial charge in [0.05, 0.1) is 0 Å². The fourth-order valence-electron chi connectivity index (χ4n) is 3.48. The van der Waals surface area contributed by atoms with Crippen molar-refractivity contribution >= 4 is 28.3 Å². The summed E-state index contributed by atoms with van der Waals surface area (Å²) in [6.07, 6.45) is 4.31. The summed E-state index contributed by atoms with van der Waals surface area (Å²) in [6.45, 7) is 0. The molecule has 2 aliphatic carbocycles. The summed E-state index contributed by atoms with van der Waals surface area (Å²) in [5.74, 6) is -2.06. The van der Waals surface area contributed by atoms with Gasteiger partial charge in [0.25, 0.3) is 0 Å². The third kappa shape index (κ3) is 1.80. The average Bonchev–Trinajstić information content (AvgIpc) is 3.03. The number of amides is 1. The van der Waals surface area contributed by atoms with Crippen molar-refractivity contribution in [1.82, 2.24) is 4.98 Å². The molecule has 1 amide bonds. The summed E-state index contributed by atoms with van der Waals surface area (Å²) >= 11 is 1.33. The number of nitrogens with zero attached hydrogens (tertiary/aromatic N) is 1. The number of carbonyl (C=O) groups excluding carboxylic acids is 2. The van der Waals surface area contributed by atoms with Crippen molar-refractivity contribution in [2.24, 2.45) is 23.7 Å². The van der Waals surface area contributed by atoms with Crippen molar-refractivity contribution in [2.75, 3.05) is 5.32 Å². The molecule has 1 heterocycles. The van der Waals surface area contributed by atoms with E-state index in [0.29, 0.717) is 5.13 Å². The Labute approximate surface area is 108 Å². The molecule has 2 saturated carbocycles. The molecule has 6 heteroatoms. The maximum atomic E-state index is 12.2. The number of aromatic nitrogens is 1. The summed E-state index contributed by atoms with van der Waals surface area (Å²) in [5.41, 5.74) is 0. The van der Waals surface area contributed by atoms with Gasteiger partial charge in [-0.15, -0.1) is 11.3 Å². The van der Waals surface area contributed by atoms with E-state index in [-0.39, 0.29) is 17.7 Å². The molecule has 0 spiro atoms. The zero-order chi connectivity index (χ0) is 12.7. The predicted octanol–water partition coefficient (Wildman–Crippen LogP) is 0.494. The van der Waals surface area contributed by atoms with Crippen LogP contribution in [0.1, 0.15) is 19.3 Å². The molecular formula is C12H13N2O3S-. The minimum absolute atomic E-state index is 0.118. The number of nitrogens with one attached hydrogen (secondary N) is 1. The fourth-order valence-corrected chi connectivity index (χ4v) is 4.01. The number of aliphatic carboxylic acids is 1. The summed E-state index contributed by atoms with van der Waals surface area (Å²) < 4.78 is 0. The SMILES string of the molecule is O=C([O-])[C@H]1[C@H]2CC[C@@H](C2)[C@@H]1C(=O)Nc1nccs1. The summed E-state index contributed by atoms with van der Waals surface area (Å²) in [6, 6.07) is 0. The highest BCUT2D eigenvalue weighted by Crippen LogP contribution is 2.52. The van der Waals surface area contributed by atoms with Gasteiger partial charge in [-0.25, -0.2) is 4.98 Å². The molecule has 1 aromatic rings. The van der Waals surface area contributed by atoms with Gasteiger partial charge in [0.1, 0.15) is 0 Å². The van der Waals surface area contributed by atoms with Crippen LogP contribution in [0.15, 0.2) is 11.6 Å². The van der Waals surface area contributed by atoms with Crippen molar-refractivity contribution < 1.29 is 14.7 Å². The predicted molar refractivity (Wildman–Crippen MR) is 63.6 cm³/mol. The Balaban J connectivity index is 1.78. The Morgan fingerprint density at radius 2 is 2.06 bits per heavy atom. The van der Waals surface area contributed by atoms with Crippen LogP contribution < -0.4 is 10.4 Å². The third-order valence-electron chi connectivity index (χ3n) is 4.15. The van der Waals surface area contributed by atoms with Crippen molar-refractivity contribution in [3.8, 4) is 0 Å². The molecule has 0 radical (unpaired) electrons. The molecule has 5 nitrogen and oxygen atoms in total. The van der Waals surface area contributed by atoms with Gasteiger partial charge in [-0.3, -0.25) is 4.79 Å². The number of fused-ring (bicyclic) bond motifs is 2. The van der Waals surface area contributed by atoms with Gasteiger partial charge in [-0.2, -0.15) is 0 Å². The Morgan fingerprint density at radius 1 is 1.33 bits per heavy atom. The first-order valence-corrected chi connectivity index (χ1v) is 6.96. The number of rotatable bonds is 3. The number of carbonyl (C=O) groups is 2. The summed E-state index contributed by atoms with van der Waals surface area (Å²) in [4.78, 5) is 27.4. The first kappa shape index (κ1) is 11.6. The number of hydrogen-bond donors (Lipinski definition) is 1. The van der Waals surface area contributed by atoms with E-state index in [0.717, 1.165) is 19.3 Å². The van der Waals surface area contributed by atoms with E-state index in [1.165, 1.54) is 11.3 Å². The van der Waals surface area contributed by atoms with Gasteiger partial charge in [0.2, 0.25) is 5.91 Å². The molecule has 18 heavy (non-hydrogen) atoms. The van der Waals surface area contributed by atoms with E-state index in [4.69, 9.17) is 0 Å². The van der Waals surface area contributed by atoms with Gasteiger partial charge >= 0.3 is 0 Å². The molecule has 1 aromatic heterocycles. The lowest BCUT2D eigenvalue weighted by molar-refractivity contribution is -0.314. The molecule has 2 bridgehead atoms. The molecule has 1 N–H and O–H groups in total. The zero-order valence-electron chi connectivity index (χ0n) is 9.67. The van der Waals surface area contributed by atoms with E-state index in [1.807, 2.05) is 0 Å². The second kappa shape index (κ2) is 4.35. The van der Waals surface area contributed by atoms with E-state index >= 15 is 0 Å². The molecule has 4 atom stereocenters. The summed E-state index contributed by atoms with van der Waals surface area (Å²) in [5, 5.41) is 16.2. The Hall–Kier alpha value is -1.43. The molecule has 96 valence electrons. The van der Waals surface area contributed by atoms with Crippen molar-refractivity contribution in [1.29, 1.82) is 0 Å².